The van der Waals surface area contributed by atoms with Crippen molar-refractivity contribution in [1.29, 1.82) is 0 Å². The van der Waals surface area contributed by atoms with Crippen LogP contribution >= 0.6 is 0 Å². The Morgan fingerprint density at radius 3 is 3.00 bits per heavy atom. The molecule has 0 unspecified atom stereocenters. The lowest BCUT2D eigenvalue weighted by Gasteiger charge is -2.07. The highest BCUT2D eigenvalue weighted by atomic mass is 16.3. The predicted molar refractivity (Wildman–Crippen MR) is 35.4 cm³/mol. The average molecular weight is 122 g/mol. The molecule has 1 aliphatic carbocycles. The third-order valence-corrected chi connectivity index (χ3v) is 1.94. The fraction of sp³-hybridized carbons (Fsp3) is 0.500. The molecule has 0 N–H and O–H groups in total. The maximum atomic E-state index is 5.26. The van der Waals surface area contributed by atoms with Crippen molar-refractivity contribution < 1.29 is 4.42 Å². The van der Waals surface area contributed by atoms with Gasteiger partial charge in [-0.05, 0) is 30.9 Å². The molecule has 2 rings (SSSR count). The summed E-state index contributed by atoms with van der Waals surface area (Å²) in [5, 5.41) is 0. The standard InChI is InChI=1S/C8H10O/c1-2-4-8-7(3-1)5-6-9-8/h5-6H,1-4H2. The molecular formula is C8H10O. The van der Waals surface area contributed by atoms with E-state index >= 15 is 0 Å². The highest BCUT2D eigenvalue weighted by molar-refractivity contribution is 5.19. The molecule has 1 heterocycles. The molecule has 1 aromatic heterocycles. The van der Waals surface area contributed by atoms with E-state index in [1.807, 2.05) is 0 Å². The molecule has 48 valence electrons. The molecule has 1 aromatic rings. The van der Waals surface area contributed by atoms with Gasteiger partial charge in [-0.15, -0.1) is 0 Å². The van der Waals surface area contributed by atoms with E-state index in [2.05, 4.69) is 6.07 Å². The van der Waals surface area contributed by atoms with Crippen LogP contribution in [0.15, 0.2) is 16.7 Å². The van der Waals surface area contributed by atoms with Gasteiger partial charge < -0.3 is 4.42 Å². The maximum Gasteiger partial charge on any atom is 0.106 e. The molecule has 0 bridgehead atoms. The lowest BCUT2D eigenvalue weighted by Crippen LogP contribution is -1.97. The Hall–Kier alpha value is -0.720. The highest BCUT2D eigenvalue weighted by Gasteiger charge is 2.10. The van der Waals surface area contributed by atoms with Gasteiger partial charge in [0.05, 0.1) is 6.26 Å². The van der Waals surface area contributed by atoms with Gasteiger partial charge in [0.1, 0.15) is 5.76 Å². The van der Waals surface area contributed by atoms with E-state index < -0.39 is 0 Å². The summed E-state index contributed by atoms with van der Waals surface area (Å²) in [6.45, 7) is 0. The van der Waals surface area contributed by atoms with Crippen LogP contribution in [0.5, 0.6) is 0 Å². The largest absolute Gasteiger partial charge is 0.469 e. The van der Waals surface area contributed by atoms with E-state index in [1.165, 1.54) is 30.6 Å². The van der Waals surface area contributed by atoms with Gasteiger partial charge in [-0.2, -0.15) is 0 Å². The Labute approximate surface area is 54.7 Å². The van der Waals surface area contributed by atoms with E-state index in [1.54, 1.807) is 6.26 Å². The lowest BCUT2D eigenvalue weighted by atomic mass is 9.99. The Morgan fingerprint density at radius 2 is 2.11 bits per heavy atom. The van der Waals surface area contributed by atoms with Gasteiger partial charge in [0.2, 0.25) is 0 Å². The molecule has 0 fully saturated rings. The van der Waals surface area contributed by atoms with Crippen molar-refractivity contribution in [3.63, 3.8) is 0 Å². The van der Waals surface area contributed by atoms with Crippen LogP contribution in [0, 0.1) is 0 Å². The van der Waals surface area contributed by atoms with Crippen LogP contribution in [0.25, 0.3) is 0 Å². The summed E-state index contributed by atoms with van der Waals surface area (Å²) >= 11 is 0. The lowest BCUT2D eigenvalue weighted by molar-refractivity contribution is 0.478. The number of fused-ring (bicyclic) bond motifs is 1. The fourth-order valence-corrected chi connectivity index (χ4v) is 1.41. The maximum absolute atomic E-state index is 5.26. The molecule has 0 radical (unpaired) electrons. The van der Waals surface area contributed by atoms with Crippen LogP contribution in [0.1, 0.15) is 24.2 Å². The number of aryl methyl sites for hydroxylation is 2. The highest BCUT2D eigenvalue weighted by Crippen LogP contribution is 2.20. The van der Waals surface area contributed by atoms with Gasteiger partial charge in [0, 0.05) is 6.42 Å². The molecule has 0 saturated carbocycles. The van der Waals surface area contributed by atoms with E-state index in [0.29, 0.717) is 0 Å². The van der Waals surface area contributed by atoms with Crippen molar-refractivity contribution in [2.75, 3.05) is 0 Å². The summed E-state index contributed by atoms with van der Waals surface area (Å²) in [5.74, 6) is 1.22. The number of furan rings is 1. The second kappa shape index (κ2) is 1.90. The quantitative estimate of drug-likeness (QED) is 0.514. The van der Waals surface area contributed by atoms with Gasteiger partial charge in [-0.25, -0.2) is 0 Å². The molecule has 1 nitrogen and oxygen atoms in total. The molecule has 1 heteroatoms. The monoisotopic (exact) mass is 122 g/mol. The fourth-order valence-electron chi connectivity index (χ4n) is 1.41. The molecular weight excluding hydrogens is 112 g/mol. The topological polar surface area (TPSA) is 13.1 Å². The van der Waals surface area contributed by atoms with Gasteiger partial charge >= 0.3 is 0 Å². The van der Waals surface area contributed by atoms with E-state index in [0.717, 1.165) is 6.42 Å². The first-order valence-corrected chi connectivity index (χ1v) is 3.52. The van der Waals surface area contributed by atoms with Crippen molar-refractivity contribution in [3.8, 4) is 0 Å². The summed E-state index contributed by atoms with van der Waals surface area (Å²) in [6, 6.07) is 2.09. The Kier molecular flexibility index (Phi) is 1.08. The van der Waals surface area contributed by atoms with Crippen molar-refractivity contribution >= 4 is 0 Å². The molecule has 0 saturated heterocycles. The first-order valence-electron chi connectivity index (χ1n) is 3.52. The molecule has 0 atom stereocenters. The average Bonchev–Trinajstić information content (AvgIpc) is 2.33. The van der Waals surface area contributed by atoms with Crippen LogP contribution < -0.4 is 0 Å². The van der Waals surface area contributed by atoms with Crippen LogP contribution in [0.2, 0.25) is 0 Å². The van der Waals surface area contributed by atoms with Gasteiger partial charge in [-0.1, -0.05) is 0 Å². The van der Waals surface area contributed by atoms with Crippen molar-refractivity contribution in [2.24, 2.45) is 0 Å². The zero-order chi connectivity index (χ0) is 6.10. The van der Waals surface area contributed by atoms with Crippen molar-refractivity contribution in [1.82, 2.24) is 0 Å². The van der Waals surface area contributed by atoms with Gasteiger partial charge in [-0.3, -0.25) is 0 Å². The number of hydrogen-bond acceptors (Lipinski definition) is 1. The first-order chi connectivity index (χ1) is 4.47. The summed E-state index contributed by atoms with van der Waals surface area (Å²) in [4.78, 5) is 0. The number of rotatable bonds is 0. The first kappa shape index (κ1) is 5.10. The van der Waals surface area contributed by atoms with E-state index in [9.17, 15) is 0 Å². The molecule has 1 aliphatic rings. The van der Waals surface area contributed by atoms with Crippen LogP contribution in [0.3, 0.4) is 0 Å². The molecule has 9 heavy (non-hydrogen) atoms. The molecule has 0 aliphatic heterocycles. The zero-order valence-corrected chi connectivity index (χ0v) is 5.39. The smallest absolute Gasteiger partial charge is 0.106 e. The second-order valence-corrected chi connectivity index (χ2v) is 2.58. The Morgan fingerprint density at radius 1 is 1.22 bits per heavy atom. The Bertz CT molecular complexity index is 180. The summed E-state index contributed by atoms with van der Waals surface area (Å²) < 4.78 is 5.26. The van der Waals surface area contributed by atoms with Crippen LogP contribution in [-0.2, 0) is 12.8 Å². The predicted octanol–water partition coefficient (Wildman–Crippen LogP) is 2.16. The molecule has 0 amide bonds. The van der Waals surface area contributed by atoms with Crippen molar-refractivity contribution in [2.45, 2.75) is 25.7 Å². The minimum Gasteiger partial charge on any atom is -0.469 e. The number of hydrogen-bond donors (Lipinski definition) is 0. The van der Waals surface area contributed by atoms with Gasteiger partial charge in [0.25, 0.3) is 0 Å². The van der Waals surface area contributed by atoms with Crippen molar-refractivity contribution in [3.05, 3.63) is 23.7 Å². The van der Waals surface area contributed by atoms with Crippen LogP contribution in [0.4, 0.5) is 0 Å². The Balaban J connectivity index is 2.39. The zero-order valence-electron chi connectivity index (χ0n) is 5.39. The third-order valence-electron chi connectivity index (χ3n) is 1.94. The molecule has 0 spiro atoms. The summed E-state index contributed by atoms with van der Waals surface area (Å²) in [6.07, 6.45) is 6.83. The summed E-state index contributed by atoms with van der Waals surface area (Å²) in [5.41, 5.74) is 1.43. The van der Waals surface area contributed by atoms with Crippen LogP contribution in [-0.4, -0.2) is 0 Å². The minimum absolute atomic E-state index is 1.16. The third kappa shape index (κ3) is 0.766. The van der Waals surface area contributed by atoms with E-state index in [-0.39, 0.29) is 0 Å². The SMILES string of the molecule is c1cc2c(o1)CCCC2. The minimum atomic E-state index is 1.16. The summed E-state index contributed by atoms with van der Waals surface area (Å²) in [7, 11) is 0. The normalized spacial score (nSPS) is 17.3. The second-order valence-electron chi connectivity index (χ2n) is 2.58. The van der Waals surface area contributed by atoms with Gasteiger partial charge in [0.15, 0.2) is 0 Å². The van der Waals surface area contributed by atoms with E-state index in [4.69, 9.17) is 4.42 Å². The molecule has 0 aromatic carbocycles.